The van der Waals surface area contributed by atoms with Gasteiger partial charge in [0.05, 0.1) is 5.56 Å². The second-order valence-corrected chi connectivity index (χ2v) is 7.00. The third-order valence-electron chi connectivity index (χ3n) is 5.42. The van der Waals surface area contributed by atoms with Gasteiger partial charge in [-0.1, -0.05) is 18.2 Å². The highest BCUT2D eigenvalue weighted by molar-refractivity contribution is 5.94. The first-order chi connectivity index (χ1) is 13.0. The molecule has 0 atom stereocenters. The number of benzene rings is 2. The van der Waals surface area contributed by atoms with Crippen LogP contribution in [0.3, 0.4) is 0 Å². The lowest BCUT2D eigenvalue weighted by Gasteiger charge is -2.32. The number of aryl methyl sites for hydroxylation is 1. The van der Waals surface area contributed by atoms with Crippen LogP contribution in [0.5, 0.6) is 0 Å². The van der Waals surface area contributed by atoms with Gasteiger partial charge in [-0.25, -0.2) is 13.2 Å². The molecule has 1 aliphatic heterocycles. The normalized spacial score (nSPS) is 15.5. The average Bonchev–Trinajstić information content (AvgIpc) is 3.03. The number of amides is 1. The maximum Gasteiger partial charge on any atom is 0.256 e. The van der Waals surface area contributed by atoms with Crippen molar-refractivity contribution in [3.63, 3.8) is 0 Å². The quantitative estimate of drug-likeness (QED) is 0.603. The number of rotatable bonds is 2. The van der Waals surface area contributed by atoms with Crippen LogP contribution in [0.2, 0.25) is 0 Å². The summed E-state index contributed by atoms with van der Waals surface area (Å²) >= 11 is 0. The summed E-state index contributed by atoms with van der Waals surface area (Å²) in [6, 6.07) is 9.98. The molecule has 1 saturated heterocycles. The minimum Gasteiger partial charge on any atom is -0.350 e. The molecule has 1 fully saturated rings. The molecule has 3 nitrogen and oxygen atoms in total. The molecule has 0 bridgehead atoms. The first-order valence-corrected chi connectivity index (χ1v) is 8.94. The fourth-order valence-electron chi connectivity index (χ4n) is 3.95. The van der Waals surface area contributed by atoms with E-state index in [0.29, 0.717) is 19.0 Å². The number of halogens is 3. The van der Waals surface area contributed by atoms with E-state index in [9.17, 15) is 18.0 Å². The Morgan fingerprint density at radius 1 is 1.00 bits per heavy atom. The Morgan fingerprint density at radius 2 is 1.70 bits per heavy atom. The summed E-state index contributed by atoms with van der Waals surface area (Å²) in [5.74, 6) is -4.61. The van der Waals surface area contributed by atoms with Crippen molar-refractivity contribution in [1.29, 1.82) is 0 Å². The number of carbonyl (C=O) groups is 1. The number of hydrogen-bond acceptors (Lipinski definition) is 1. The van der Waals surface area contributed by atoms with E-state index in [1.807, 2.05) is 19.2 Å². The molecule has 1 amide bonds. The van der Waals surface area contributed by atoms with Crippen LogP contribution in [0, 0.1) is 17.5 Å². The summed E-state index contributed by atoms with van der Waals surface area (Å²) in [7, 11) is 2.01. The predicted octanol–water partition coefficient (Wildman–Crippen LogP) is 4.62. The minimum absolute atomic E-state index is 0.301. The Morgan fingerprint density at radius 3 is 2.44 bits per heavy atom. The van der Waals surface area contributed by atoms with Crippen molar-refractivity contribution in [2.24, 2.45) is 7.05 Å². The van der Waals surface area contributed by atoms with E-state index in [-0.39, 0.29) is 0 Å². The molecule has 27 heavy (non-hydrogen) atoms. The summed E-state index contributed by atoms with van der Waals surface area (Å²) in [5, 5.41) is 1.21. The van der Waals surface area contributed by atoms with Gasteiger partial charge in [0.25, 0.3) is 5.91 Å². The molecule has 0 spiro atoms. The Balaban J connectivity index is 1.52. The van der Waals surface area contributed by atoms with E-state index < -0.39 is 28.9 Å². The molecule has 0 radical (unpaired) electrons. The van der Waals surface area contributed by atoms with Gasteiger partial charge in [0.15, 0.2) is 17.5 Å². The predicted molar refractivity (Wildman–Crippen MR) is 97.1 cm³/mol. The Bertz CT molecular complexity index is 1020. The first-order valence-electron chi connectivity index (χ1n) is 8.94. The van der Waals surface area contributed by atoms with Crippen molar-refractivity contribution in [2.45, 2.75) is 18.8 Å². The molecule has 1 aromatic heterocycles. The molecule has 3 aromatic rings. The zero-order valence-electron chi connectivity index (χ0n) is 14.9. The number of carbonyl (C=O) groups excluding carboxylic acids is 1. The van der Waals surface area contributed by atoms with Crippen LogP contribution in [-0.2, 0) is 7.05 Å². The van der Waals surface area contributed by atoms with E-state index >= 15 is 0 Å². The van der Waals surface area contributed by atoms with Gasteiger partial charge in [-0.3, -0.25) is 4.79 Å². The summed E-state index contributed by atoms with van der Waals surface area (Å²) in [4.78, 5) is 14.0. The monoisotopic (exact) mass is 372 g/mol. The number of nitrogens with zero attached hydrogens (tertiary/aromatic N) is 2. The van der Waals surface area contributed by atoms with E-state index in [4.69, 9.17) is 0 Å². The molecular weight excluding hydrogens is 353 g/mol. The SMILES string of the molecule is Cn1cc(C2CCN(C(=O)c3ccc(F)c(F)c3F)CC2)c2ccccc21. The zero-order valence-corrected chi connectivity index (χ0v) is 14.9. The van der Waals surface area contributed by atoms with Crippen LogP contribution in [0.4, 0.5) is 13.2 Å². The molecule has 6 heteroatoms. The highest BCUT2D eigenvalue weighted by atomic mass is 19.2. The topological polar surface area (TPSA) is 25.2 Å². The van der Waals surface area contributed by atoms with E-state index in [1.54, 1.807) is 0 Å². The van der Waals surface area contributed by atoms with Gasteiger partial charge in [-0.15, -0.1) is 0 Å². The van der Waals surface area contributed by atoms with E-state index in [0.717, 1.165) is 30.5 Å². The van der Waals surface area contributed by atoms with Crippen LogP contribution in [0.25, 0.3) is 10.9 Å². The Kier molecular flexibility index (Phi) is 4.42. The average molecular weight is 372 g/mol. The third kappa shape index (κ3) is 2.99. The van der Waals surface area contributed by atoms with Gasteiger partial charge < -0.3 is 9.47 Å². The Hall–Kier alpha value is -2.76. The van der Waals surface area contributed by atoms with E-state index in [1.165, 1.54) is 15.8 Å². The van der Waals surface area contributed by atoms with Crippen molar-refractivity contribution >= 4 is 16.8 Å². The number of para-hydroxylation sites is 1. The Labute approximate surface area is 155 Å². The van der Waals surface area contributed by atoms with Gasteiger partial charge in [0.1, 0.15) is 0 Å². The maximum absolute atomic E-state index is 13.9. The van der Waals surface area contributed by atoms with Crippen LogP contribution >= 0.6 is 0 Å². The molecule has 0 aliphatic carbocycles. The van der Waals surface area contributed by atoms with E-state index in [2.05, 4.69) is 22.9 Å². The third-order valence-corrected chi connectivity index (χ3v) is 5.42. The highest BCUT2D eigenvalue weighted by Crippen LogP contribution is 2.34. The lowest BCUT2D eigenvalue weighted by molar-refractivity contribution is 0.0707. The molecule has 140 valence electrons. The van der Waals surface area contributed by atoms with Crippen molar-refractivity contribution in [2.75, 3.05) is 13.1 Å². The highest BCUT2D eigenvalue weighted by Gasteiger charge is 2.28. The van der Waals surface area contributed by atoms with Crippen LogP contribution in [0.15, 0.2) is 42.6 Å². The second-order valence-electron chi connectivity index (χ2n) is 7.00. The largest absolute Gasteiger partial charge is 0.350 e. The molecule has 1 aliphatic rings. The molecule has 4 rings (SSSR count). The summed E-state index contributed by atoms with van der Waals surface area (Å²) in [6.07, 6.45) is 3.61. The number of likely N-dealkylation sites (tertiary alicyclic amines) is 1. The molecule has 0 saturated carbocycles. The van der Waals surface area contributed by atoms with Crippen molar-refractivity contribution < 1.29 is 18.0 Å². The van der Waals surface area contributed by atoms with Crippen molar-refractivity contribution in [3.05, 3.63) is 71.2 Å². The first kappa shape index (κ1) is 17.6. The lowest BCUT2D eigenvalue weighted by atomic mass is 9.89. The summed E-state index contributed by atoms with van der Waals surface area (Å²) in [5.41, 5.74) is 1.99. The fraction of sp³-hybridized carbons (Fsp3) is 0.286. The number of aromatic nitrogens is 1. The fourth-order valence-corrected chi connectivity index (χ4v) is 3.95. The van der Waals surface area contributed by atoms with Crippen LogP contribution < -0.4 is 0 Å². The van der Waals surface area contributed by atoms with Gasteiger partial charge in [-0.05, 0) is 42.5 Å². The van der Waals surface area contributed by atoms with Crippen LogP contribution in [0.1, 0.15) is 34.7 Å². The summed E-state index contributed by atoms with van der Waals surface area (Å²) < 4.78 is 42.5. The number of piperidine rings is 1. The molecule has 2 heterocycles. The molecular formula is C21H19F3N2O. The second kappa shape index (κ2) is 6.76. The lowest BCUT2D eigenvalue weighted by Crippen LogP contribution is -2.38. The van der Waals surface area contributed by atoms with Crippen molar-refractivity contribution in [3.8, 4) is 0 Å². The smallest absolute Gasteiger partial charge is 0.256 e. The molecule has 0 unspecified atom stereocenters. The minimum atomic E-state index is -1.61. The maximum atomic E-state index is 13.9. The van der Waals surface area contributed by atoms with Crippen LogP contribution in [-0.4, -0.2) is 28.5 Å². The zero-order chi connectivity index (χ0) is 19.1. The number of fused-ring (bicyclic) bond motifs is 1. The standard InChI is InChI=1S/C21H19F3N2O/c1-25-12-16(14-4-2-3-5-18(14)25)13-8-10-26(11-9-13)21(27)15-6-7-17(22)20(24)19(15)23/h2-7,12-13H,8-11H2,1H3. The number of hydrogen-bond donors (Lipinski definition) is 0. The summed E-state index contributed by atoms with van der Waals surface area (Å²) in [6.45, 7) is 0.899. The molecule has 2 aromatic carbocycles. The van der Waals surface area contributed by atoms with Gasteiger partial charge in [0, 0.05) is 37.2 Å². The van der Waals surface area contributed by atoms with Gasteiger partial charge in [-0.2, -0.15) is 0 Å². The van der Waals surface area contributed by atoms with Crippen molar-refractivity contribution in [1.82, 2.24) is 9.47 Å². The van der Waals surface area contributed by atoms with Gasteiger partial charge >= 0.3 is 0 Å². The van der Waals surface area contributed by atoms with Gasteiger partial charge in [0.2, 0.25) is 0 Å². The molecule has 0 N–H and O–H groups in total.